The van der Waals surface area contributed by atoms with E-state index in [0.717, 1.165) is 11.3 Å². The van der Waals surface area contributed by atoms with Crippen LogP contribution in [-0.2, 0) is 31.3 Å². The van der Waals surface area contributed by atoms with Crippen LogP contribution >= 0.6 is 0 Å². The number of nitrogens with one attached hydrogen (secondary N) is 2. The zero-order valence-corrected chi connectivity index (χ0v) is 27.4. The molecule has 1 aromatic heterocycles. The first-order chi connectivity index (χ1) is 22.6. The largest absolute Gasteiger partial charge is 0.368 e. The first kappa shape index (κ1) is 32.2. The number of piperazine rings is 1. The minimum atomic E-state index is -4.14. The van der Waals surface area contributed by atoms with Gasteiger partial charge < -0.3 is 9.80 Å². The molecule has 6 rings (SSSR count). The van der Waals surface area contributed by atoms with Crippen LogP contribution in [0.5, 0.6) is 0 Å². The van der Waals surface area contributed by atoms with E-state index in [1.807, 2.05) is 37.3 Å². The summed E-state index contributed by atoms with van der Waals surface area (Å²) in [6, 6.07) is 28.6. The molecular formula is C35H35N5O5S2. The van der Waals surface area contributed by atoms with Gasteiger partial charge in [0.15, 0.2) is 0 Å². The summed E-state index contributed by atoms with van der Waals surface area (Å²) in [4.78, 5) is 22.2. The van der Waals surface area contributed by atoms with E-state index in [0.29, 0.717) is 48.2 Å². The van der Waals surface area contributed by atoms with Crippen LogP contribution in [0, 0.1) is 6.92 Å². The zero-order valence-electron chi connectivity index (χ0n) is 25.8. The summed E-state index contributed by atoms with van der Waals surface area (Å²) in [6.07, 6.45) is 3.19. The number of aromatic nitrogens is 1. The molecule has 0 saturated carbocycles. The molecule has 1 aliphatic rings. The van der Waals surface area contributed by atoms with Gasteiger partial charge >= 0.3 is 0 Å². The number of pyridine rings is 1. The van der Waals surface area contributed by atoms with Gasteiger partial charge in [-0.25, -0.2) is 16.8 Å². The quantitative estimate of drug-likeness (QED) is 0.223. The second-order valence-electron chi connectivity index (χ2n) is 11.5. The molecule has 10 nitrogen and oxygen atoms in total. The van der Waals surface area contributed by atoms with Gasteiger partial charge in [-0.1, -0.05) is 60.2 Å². The molecule has 0 bridgehead atoms. The van der Waals surface area contributed by atoms with Crippen molar-refractivity contribution >= 4 is 48.1 Å². The maximum absolute atomic E-state index is 14.0. The van der Waals surface area contributed by atoms with Crippen LogP contribution in [0.1, 0.15) is 11.1 Å². The van der Waals surface area contributed by atoms with Gasteiger partial charge in [0.1, 0.15) is 6.04 Å². The predicted octanol–water partition coefficient (Wildman–Crippen LogP) is 4.58. The second-order valence-corrected chi connectivity index (χ2v) is 14.9. The van der Waals surface area contributed by atoms with Gasteiger partial charge in [0, 0.05) is 60.7 Å². The number of aryl methyl sites for hydroxylation is 1. The van der Waals surface area contributed by atoms with Gasteiger partial charge in [0.2, 0.25) is 15.9 Å². The van der Waals surface area contributed by atoms with Gasteiger partial charge in [0.25, 0.3) is 10.0 Å². The first-order valence-electron chi connectivity index (χ1n) is 15.2. The molecule has 0 aliphatic carbocycles. The smallest absolute Gasteiger partial charge is 0.261 e. The van der Waals surface area contributed by atoms with Crippen LogP contribution in [0.4, 0.5) is 11.4 Å². The lowest BCUT2D eigenvalue weighted by Crippen LogP contribution is -2.55. The number of hydrogen-bond donors (Lipinski definition) is 2. The standard InChI is InChI=1S/C35H35N5O5S2/c1-26-10-16-31(17-11-26)46(42,43)37-29-14-12-27(13-15-29)24-33(35(41)40-22-20-39(21-23-40)30-7-3-2-4-8-30)38-47(44,45)34-9-5-6-28-25-36-19-18-32(28)34/h2-19,25,33,37-38H,20-24H2,1H3. The predicted molar refractivity (Wildman–Crippen MR) is 183 cm³/mol. The van der Waals surface area contributed by atoms with Crippen LogP contribution < -0.4 is 14.3 Å². The van der Waals surface area contributed by atoms with Crippen molar-refractivity contribution in [2.45, 2.75) is 29.2 Å². The molecule has 1 atom stereocenters. The van der Waals surface area contributed by atoms with Crippen LogP contribution in [0.15, 0.2) is 125 Å². The molecule has 5 aromatic rings. The SMILES string of the molecule is Cc1ccc(S(=O)(=O)Nc2ccc(CC(NS(=O)(=O)c3cccc4cnccc34)C(=O)N3CCN(c4ccccc4)CC3)cc2)cc1. The molecule has 12 heteroatoms. The molecule has 1 amide bonds. The van der Waals surface area contributed by atoms with Crippen molar-refractivity contribution in [3.8, 4) is 0 Å². The molecule has 47 heavy (non-hydrogen) atoms. The topological polar surface area (TPSA) is 129 Å². The fraction of sp³-hybridized carbons (Fsp3) is 0.200. The van der Waals surface area contributed by atoms with Crippen molar-refractivity contribution in [2.75, 3.05) is 35.8 Å². The van der Waals surface area contributed by atoms with Crippen molar-refractivity contribution in [1.82, 2.24) is 14.6 Å². The van der Waals surface area contributed by atoms with Gasteiger partial charge in [0.05, 0.1) is 9.79 Å². The Hall–Kier alpha value is -4.78. The van der Waals surface area contributed by atoms with Crippen molar-refractivity contribution < 1.29 is 21.6 Å². The number of amides is 1. The number of nitrogens with zero attached hydrogens (tertiary/aromatic N) is 3. The van der Waals surface area contributed by atoms with E-state index in [9.17, 15) is 21.6 Å². The summed E-state index contributed by atoms with van der Waals surface area (Å²) in [7, 11) is -7.94. The molecule has 1 unspecified atom stereocenters. The Kier molecular flexibility index (Phi) is 9.26. The number of para-hydroxylation sites is 1. The van der Waals surface area contributed by atoms with Crippen LogP contribution in [0.3, 0.4) is 0 Å². The van der Waals surface area contributed by atoms with E-state index in [1.54, 1.807) is 77.8 Å². The number of fused-ring (bicyclic) bond motifs is 1. The molecule has 0 radical (unpaired) electrons. The highest BCUT2D eigenvalue weighted by Gasteiger charge is 2.32. The van der Waals surface area contributed by atoms with E-state index in [2.05, 4.69) is 19.3 Å². The van der Waals surface area contributed by atoms with E-state index in [-0.39, 0.29) is 22.1 Å². The normalized spacial score (nSPS) is 14.6. The third-order valence-corrected chi connectivity index (χ3v) is 11.1. The Balaban J connectivity index is 1.23. The van der Waals surface area contributed by atoms with E-state index < -0.39 is 26.1 Å². The molecule has 242 valence electrons. The second kappa shape index (κ2) is 13.5. The molecule has 1 saturated heterocycles. The summed E-state index contributed by atoms with van der Waals surface area (Å²) in [5.74, 6) is -0.327. The number of anilines is 2. The number of rotatable bonds is 10. The van der Waals surface area contributed by atoms with Gasteiger partial charge in [-0.3, -0.25) is 14.5 Å². The summed E-state index contributed by atoms with van der Waals surface area (Å²) < 4.78 is 58.8. The number of hydrogen-bond acceptors (Lipinski definition) is 7. The Labute approximate surface area is 275 Å². The monoisotopic (exact) mass is 669 g/mol. The highest BCUT2D eigenvalue weighted by molar-refractivity contribution is 7.92. The minimum Gasteiger partial charge on any atom is -0.368 e. The zero-order chi connectivity index (χ0) is 33.0. The fourth-order valence-electron chi connectivity index (χ4n) is 5.68. The third kappa shape index (κ3) is 7.46. The van der Waals surface area contributed by atoms with Crippen molar-refractivity contribution in [3.05, 3.63) is 127 Å². The molecule has 0 spiro atoms. The summed E-state index contributed by atoms with van der Waals surface area (Å²) in [5, 5.41) is 1.17. The van der Waals surface area contributed by atoms with Gasteiger partial charge in [-0.15, -0.1) is 0 Å². The number of carbonyl (C=O) groups excluding carboxylic acids is 1. The molecule has 1 aliphatic heterocycles. The molecule has 2 heterocycles. The average molecular weight is 670 g/mol. The van der Waals surface area contributed by atoms with E-state index in [1.165, 1.54) is 12.3 Å². The van der Waals surface area contributed by atoms with Crippen LogP contribution in [-0.4, -0.2) is 64.8 Å². The number of benzene rings is 4. The van der Waals surface area contributed by atoms with Gasteiger partial charge in [-0.05, 0) is 67.4 Å². The van der Waals surface area contributed by atoms with Crippen LogP contribution in [0.2, 0.25) is 0 Å². The summed E-state index contributed by atoms with van der Waals surface area (Å²) >= 11 is 0. The lowest BCUT2D eigenvalue weighted by atomic mass is 10.0. The molecule has 1 fully saturated rings. The fourth-order valence-corrected chi connectivity index (χ4v) is 8.16. The number of sulfonamides is 2. The highest BCUT2D eigenvalue weighted by atomic mass is 32.2. The number of carbonyl (C=O) groups is 1. The Bertz CT molecular complexity index is 2080. The van der Waals surface area contributed by atoms with Crippen molar-refractivity contribution in [3.63, 3.8) is 0 Å². The van der Waals surface area contributed by atoms with E-state index in [4.69, 9.17) is 0 Å². The first-order valence-corrected chi connectivity index (χ1v) is 18.2. The maximum atomic E-state index is 14.0. The molecule has 4 aromatic carbocycles. The third-order valence-electron chi connectivity index (χ3n) is 8.22. The Morgan fingerprint density at radius 3 is 2.19 bits per heavy atom. The van der Waals surface area contributed by atoms with Gasteiger partial charge in [-0.2, -0.15) is 4.72 Å². The van der Waals surface area contributed by atoms with Crippen molar-refractivity contribution in [1.29, 1.82) is 0 Å². The lowest BCUT2D eigenvalue weighted by Gasteiger charge is -2.37. The minimum absolute atomic E-state index is 0.0601. The lowest BCUT2D eigenvalue weighted by molar-refractivity contribution is -0.133. The average Bonchev–Trinajstić information content (AvgIpc) is 3.08. The summed E-state index contributed by atoms with van der Waals surface area (Å²) in [5.41, 5.74) is 3.03. The Morgan fingerprint density at radius 1 is 0.787 bits per heavy atom. The summed E-state index contributed by atoms with van der Waals surface area (Å²) in [6.45, 7) is 3.98. The molecular weight excluding hydrogens is 635 g/mol. The Morgan fingerprint density at radius 2 is 1.49 bits per heavy atom. The van der Waals surface area contributed by atoms with Crippen LogP contribution in [0.25, 0.3) is 10.8 Å². The van der Waals surface area contributed by atoms with Crippen molar-refractivity contribution in [2.24, 2.45) is 0 Å². The van der Waals surface area contributed by atoms with E-state index >= 15 is 0 Å². The molecule has 2 N–H and O–H groups in total. The maximum Gasteiger partial charge on any atom is 0.261 e. The highest BCUT2D eigenvalue weighted by Crippen LogP contribution is 2.24.